The Labute approximate surface area is 137 Å². The van der Waals surface area contributed by atoms with E-state index in [1.165, 1.54) is 0 Å². The van der Waals surface area contributed by atoms with Gasteiger partial charge < -0.3 is 15.7 Å². The van der Waals surface area contributed by atoms with Crippen LogP contribution in [-0.2, 0) is 6.54 Å². The third-order valence-corrected chi connectivity index (χ3v) is 4.15. The Morgan fingerprint density at radius 2 is 2.14 bits per heavy atom. The maximum Gasteiger partial charge on any atom is 0.251 e. The van der Waals surface area contributed by atoms with Gasteiger partial charge in [0.25, 0.3) is 5.91 Å². The fourth-order valence-corrected chi connectivity index (χ4v) is 2.40. The quantitative estimate of drug-likeness (QED) is 0.720. The summed E-state index contributed by atoms with van der Waals surface area (Å²) in [7, 11) is 0. The first-order valence-corrected chi connectivity index (χ1v) is 8.01. The van der Waals surface area contributed by atoms with E-state index in [1.54, 1.807) is 12.1 Å². The fourth-order valence-electron chi connectivity index (χ4n) is 1.77. The van der Waals surface area contributed by atoms with Gasteiger partial charge in [-0.1, -0.05) is 23.0 Å². The van der Waals surface area contributed by atoms with Gasteiger partial charge in [0.15, 0.2) is 0 Å². The van der Waals surface area contributed by atoms with E-state index < -0.39 is 0 Å². The molecule has 118 valence electrons. The highest BCUT2D eigenvalue weighted by molar-refractivity contribution is 7.10. The van der Waals surface area contributed by atoms with Crippen molar-refractivity contribution in [1.82, 2.24) is 14.9 Å². The van der Waals surface area contributed by atoms with Crippen molar-refractivity contribution in [2.24, 2.45) is 0 Å². The van der Waals surface area contributed by atoms with Crippen LogP contribution < -0.4 is 10.6 Å². The molecule has 1 aromatic heterocycles. The summed E-state index contributed by atoms with van der Waals surface area (Å²) < 4.78 is 4.33. The Bertz CT molecular complexity index is 614. The topological polar surface area (TPSA) is 87.1 Å². The first kappa shape index (κ1) is 16.7. The van der Waals surface area contributed by atoms with Crippen LogP contribution in [0, 0.1) is 0 Å². The number of benzene rings is 1. The molecule has 1 heterocycles. The van der Waals surface area contributed by atoms with Crippen molar-refractivity contribution in [3.63, 3.8) is 0 Å². The molecule has 0 bridgehead atoms. The van der Waals surface area contributed by atoms with Gasteiger partial charge in [0.05, 0.1) is 19.2 Å². The van der Waals surface area contributed by atoms with E-state index in [-0.39, 0.29) is 18.6 Å². The number of aliphatic hydroxyl groups is 1. The van der Waals surface area contributed by atoms with Crippen LogP contribution in [0.1, 0.15) is 29.4 Å². The molecule has 0 aliphatic carbocycles. The maximum absolute atomic E-state index is 12.0. The molecule has 0 saturated heterocycles. The van der Waals surface area contributed by atoms with Gasteiger partial charge in [0, 0.05) is 22.8 Å². The largest absolute Gasteiger partial charge is 0.394 e. The Hall–Kier alpha value is -1.70. The molecule has 1 unspecified atom stereocenters. The monoisotopic (exact) mass is 340 g/mol. The van der Waals surface area contributed by atoms with Crippen LogP contribution in [0.3, 0.4) is 0 Å². The first-order valence-electron chi connectivity index (χ1n) is 6.86. The van der Waals surface area contributed by atoms with Crippen LogP contribution in [0.2, 0.25) is 4.34 Å². The number of nitrogens with zero attached hydrogens (tertiary/aromatic N) is 2. The molecule has 0 radical (unpaired) electrons. The second-order valence-electron chi connectivity index (χ2n) is 4.69. The number of carbonyl (C=O) groups is 1. The number of halogens is 1. The van der Waals surface area contributed by atoms with Crippen LogP contribution >= 0.6 is 23.1 Å². The van der Waals surface area contributed by atoms with E-state index in [0.717, 1.165) is 17.2 Å². The summed E-state index contributed by atoms with van der Waals surface area (Å²) in [6.07, 6.45) is 0.685. The van der Waals surface area contributed by atoms with Gasteiger partial charge >= 0.3 is 0 Å². The van der Waals surface area contributed by atoms with Gasteiger partial charge in [-0.25, -0.2) is 0 Å². The van der Waals surface area contributed by atoms with Crippen LogP contribution in [-0.4, -0.2) is 33.2 Å². The van der Waals surface area contributed by atoms with Crippen molar-refractivity contribution in [1.29, 1.82) is 0 Å². The SMILES string of the molecule is CCC(CO)NC(=O)c1ccc(NCc2nnsc2Cl)cc1. The van der Waals surface area contributed by atoms with Crippen LogP contribution in [0.4, 0.5) is 5.69 Å². The smallest absolute Gasteiger partial charge is 0.251 e. The van der Waals surface area contributed by atoms with Gasteiger partial charge in [-0.2, -0.15) is 0 Å². The van der Waals surface area contributed by atoms with Crippen molar-refractivity contribution in [2.75, 3.05) is 11.9 Å². The number of rotatable bonds is 7. The Morgan fingerprint density at radius 1 is 1.41 bits per heavy atom. The molecule has 0 aliphatic heterocycles. The normalized spacial score (nSPS) is 12.0. The molecule has 1 amide bonds. The molecule has 3 N–H and O–H groups in total. The summed E-state index contributed by atoms with van der Waals surface area (Å²) in [5.41, 5.74) is 2.10. The second-order valence-corrected chi connectivity index (χ2v) is 6.04. The van der Waals surface area contributed by atoms with Gasteiger partial charge in [-0.15, -0.1) is 5.10 Å². The molecule has 2 rings (SSSR count). The summed E-state index contributed by atoms with van der Waals surface area (Å²) >= 11 is 7.08. The number of aromatic nitrogens is 2. The molecule has 22 heavy (non-hydrogen) atoms. The van der Waals surface area contributed by atoms with E-state index in [1.807, 2.05) is 19.1 Å². The van der Waals surface area contributed by atoms with Gasteiger partial charge in [0.1, 0.15) is 10.0 Å². The summed E-state index contributed by atoms with van der Waals surface area (Å²) in [6.45, 7) is 2.32. The van der Waals surface area contributed by atoms with Crippen LogP contribution in [0.5, 0.6) is 0 Å². The first-order chi connectivity index (χ1) is 10.6. The van der Waals surface area contributed by atoms with E-state index in [0.29, 0.717) is 28.6 Å². The number of nitrogens with one attached hydrogen (secondary N) is 2. The van der Waals surface area contributed by atoms with Crippen molar-refractivity contribution >= 4 is 34.7 Å². The molecule has 1 aromatic carbocycles. The average molecular weight is 341 g/mol. The minimum Gasteiger partial charge on any atom is -0.394 e. The highest BCUT2D eigenvalue weighted by Gasteiger charge is 2.11. The summed E-state index contributed by atoms with van der Waals surface area (Å²) in [6, 6.07) is 6.85. The zero-order valence-electron chi connectivity index (χ0n) is 12.0. The lowest BCUT2D eigenvalue weighted by Gasteiger charge is -2.14. The molecule has 0 aliphatic rings. The average Bonchev–Trinajstić information content (AvgIpc) is 2.96. The molecule has 2 aromatic rings. The number of amides is 1. The molecule has 8 heteroatoms. The molecule has 0 saturated carbocycles. The number of hydrogen-bond acceptors (Lipinski definition) is 6. The van der Waals surface area contributed by atoms with Gasteiger partial charge in [-0.3, -0.25) is 4.79 Å². The number of hydrogen-bond donors (Lipinski definition) is 3. The Morgan fingerprint density at radius 3 is 2.68 bits per heavy atom. The molecular weight excluding hydrogens is 324 g/mol. The molecule has 0 fully saturated rings. The zero-order valence-corrected chi connectivity index (χ0v) is 13.6. The Kier molecular flexibility index (Phi) is 6.11. The predicted molar refractivity (Wildman–Crippen MR) is 87.3 cm³/mol. The lowest BCUT2D eigenvalue weighted by molar-refractivity contribution is 0.0915. The van der Waals surface area contributed by atoms with Crippen molar-refractivity contribution < 1.29 is 9.90 Å². The number of carbonyl (C=O) groups excluding carboxylic acids is 1. The van der Waals surface area contributed by atoms with E-state index in [2.05, 4.69) is 20.2 Å². The standard InChI is InChI=1S/C14H17ClN4O2S/c1-2-10(8-20)17-14(21)9-3-5-11(6-4-9)16-7-12-13(15)22-19-18-12/h3-6,10,16,20H,2,7-8H2,1H3,(H,17,21). The van der Waals surface area contributed by atoms with Crippen molar-refractivity contribution in [3.05, 3.63) is 39.9 Å². The third-order valence-electron chi connectivity index (χ3n) is 3.16. The fraction of sp³-hybridized carbons (Fsp3) is 0.357. The minimum atomic E-state index is -0.218. The Balaban J connectivity index is 1.92. The van der Waals surface area contributed by atoms with Gasteiger partial charge in [0.2, 0.25) is 0 Å². The molecule has 6 nitrogen and oxygen atoms in total. The third kappa shape index (κ3) is 4.40. The van der Waals surface area contributed by atoms with E-state index >= 15 is 0 Å². The lowest BCUT2D eigenvalue weighted by atomic mass is 10.1. The van der Waals surface area contributed by atoms with E-state index in [4.69, 9.17) is 16.7 Å². The minimum absolute atomic E-state index is 0.0652. The summed E-state index contributed by atoms with van der Waals surface area (Å²) in [5.74, 6) is -0.195. The van der Waals surface area contributed by atoms with Crippen LogP contribution in [0.25, 0.3) is 0 Å². The lowest BCUT2D eigenvalue weighted by Crippen LogP contribution is -2.36. The van der Waals surface area contributed by atoms with Crippen molar-refractivity contribution in [2.45, 2.75) is 25.9 Å². The number of anilines is 1. The molecular formula is C14H17ClN4O2S. The maximum atomic E-state index is 12.0. The highest BCUT2D eigenvalue weighted by atomic mass is 35.5. The van der Waals surface area contributed by atoms with E-state index in [9.17, 15) is 4.79 Å². The van der Waals surface area contributed by atoms with Gasteiger partial charge in [-0.05, 0) is 30.7 Å². The second kappa shape index (κ2) is 8.07. The highest BCUT2D eigenvalue weighted by Crippen LogP contribution is 2.18. The van der Waals surface area contributed by atoms with Crippen molar-refractivity contribution in [3.8, 4) is 0 Å². The zero-order chi connectivity index (χ0) is 15.9. The predicted octanol–water partition coefficient (Wildman–Crippen LogP) is 2.30. The molecule has 0 spiro atoms. The summed E-state index contributed by atoms with van der Waals surface area (Å²) in [5, 5.41) is 19.0. The van der Waals surface area contributed by atoms with Crippen LogP contribution in [0.15, 0.2) is 24.3 Å². The number of aliphatic hydroxyl groups excluding tert-OH is 1. The molecule has 1 atom stereocenters. The summed E-state index contributed by atoms with van der Waals surface area (Å²) in [4.78, 5) is 12.0.